The first-order chi connectivity index (χ1) is 10.5. The monoisotopic (exact) mass is 511 g/mol. The summed E-state index contributed by atoms with van der Waals surface area (Å²) in [7, 11) is 2.26. The van der Waals surface area contributed by atoms with Gasteiger partial charge < -0.3 is 0 Å². The maximum absolute atomic E-state index is 2.48. The van der Waals surface area contributed by atoms with Gasteiger partial charge in [-0.2, -0.15) is 0 Å². The predicted molar refractivity (Wildman–Crippen MR) is 102 cm³/mol. The third-order valence-electron chi connectivity index (χ3n) is 3.83. The molecule has 22 heavy (non-hydrogen) atoms. The van der Waals surface area contributed by atoms with Crippen LogP contribution >= 0.6 is 0 Å². The average molecular weight is 513 g/mol. The molecule has 0 aliphatic rings. The van der Waals surface area contributed by atoms with Crippen LogP contribution in [0.5, 0.6) is 0 Å². The summed E-state index contributed by atoms with van der Waals surface area (Å²) in [6, 6.07) is 18.1. The molecule has 0 saturated heterocycles. The Labute approximate surface area is 150 Å². The van der Waals surface area contributed by atoms with E-state index in [1.165, 1.54) is 0 Å². The van der Waals surface area contributed by atoms with Crippen molar-refractivity contribution in [2.45, 2.75) is 32.6 Å². The van der Waals surface area contributed by atoms with Gasteiger partial charge >= 0.3 is 152 Å². The molecule has 0 radical (unpaired) electrons. The van der Waals surface area contributed by atoms with Gasteiger partial charge in [0.2, 0.25) is 0 Å². The fourth-order valence-corrected chi connectivity index (χ4v) is 9.10. The van der Waals surface area contributed by atoms with E-state index in [2.05, 4.69) is 80.0 Å². The van der Waals surface area contributed by atoms with Crippen molar-refractivity contribution in [2.75, 3.05) is 7.05 Å². The molecule has 0 N–H and O–H groups in total. The zero-order valence-corrected chi connectivity index (χ0v) is 19.5. The Morgan fingerprint density at radius 1 is 0.682 bits per heavy atom. The Balaban J connectivity index is 2.13. The van der Waals surface area contributed by atoms with Crippen molar-refractivity contribution >= 4 is 47.4 Å². The Morgan fingerprint density at radius 3 is 1.41 bits per heavy atom. The van der Waals surface area contributed by atoms with Crippen LogP contribution in [0.2, 0.25) is 19.5 Å². The van der Waals surface area contributed by atoms with Crippen LogP contribution in [-0.2, 0) is 13.1 Å². The Kier molecular flexibility index (Phi) is 7.32. The molecule has 1 nitrogen and oxygen atoms in total. The van der Waals surface area contributed by atoms with E-state index in [1.54, 1.807) is 18.1 Å². The summed E-state index contributed by atoms with van der Waals surface area (Å²) in [5, 5.41) is 0. The molecule has 0 saturated carbocycles. The molecule has 0 heterocycles. The van der Waals surface area contributed by atoms with Crippen LogP contribution in [0.3, 0.4) is 0 Å². The summed E-state index contributed by atoms with van der Waals surface area (Å²) in [4.78, 5) is 12.3. The molecule has 0 aliphatic heterocycles. The van der Waals surface area contributed by atoms with Gasteiger partial charge in [0, 0.05) is 0 Å². The molecule has 2 aromatic carbocycles. The Hall–Kier alpha value is 0.0364. The molecule has 0 aromatic heterocycles. The molecule has 0 spiro atoms. The van der Waals surface area contributed by atoms with Crippen molar-refractivity contribution in [1.82, 2.24) is 4.90 Å². The zero-order chi connectivity index (χ0) is 16.1. The van der Waals surface area contributed by atoms with Crippen molar-refractivity contribution in [3.05, 3.63) is 59.7 Å². The summed E-state index contributed by atoms with van der Waals surface area (Å²) < 4.78 is 3.32. The van der Waals surface area contributed by atoms with Crippen LogP contribution in [0.25, 0.3) is 0 Å². The van der Waals surface area contributed by atoms with Crippen LogP contribution < -0.4 is 7.02 Å². The SMILES string of the molecule is CN(Cc1cccc[c]1[Sb]([CH3])[CH3])Cc1cccc[c]1[Sb]([CH3])[CH3]. The van der Waals surface area contributed by atoms with Crippen molar-refractivity contribution in [3.63, 3.8) is 0 Å². The third-order valence-corrected chi connectivity index (χ3v) is 11.8. The van der Waals surface area contributed by atoms with Gasteiger partial charge in [-0.25, -0.2) is 0 Å². The van der Waals surface area contributed by atoms with Crippen molar-refractivity contribution in [1.29, 1.82) is 0 Å². The number of hydrogen-bond acceptors (Lipinski definition) is 1. The number of rotatable bonds is 6. The van der Waals surface area contributed by atoms with Crippen LogP contribution in [-0.4, -0.2) is 52.4 Å². The van der Waals surface area contributed by atoms with E-state index in [-0.39, 0.29) is 0 Å². The summed E-state index contributed by atoms with van der Waals surface area (Å²) in [6.45, 7) is 2.13. The summed E-state index contributed by atoms with van der Waals surface area (Å²) in [5.74, 6) is 0. The summed E-state index contributed by atoms with van der Waals surface area (Å²) in [5.41, 5.74) is 3.09. The van der Waals surface area contributed by atoms with E-state index in [9.17, 15) is 0 Å². The van der Waals surface area contributed by atoms with Gasteiger partial charge in [0.15, 0.2) is 0 Å². The fourth-order valence-electron chi connectivity index (χ4n) is 2.80. The molecular formula is C19H27NSb2. The van der Waals surface area contributed by atoms with Crippen LogP contribution in [0.4, 0.5) is 0 Å². The van der Waals surface area contributed by atoms with Crippen LogP contribution in [0.1, 0.15) is 11.1 Å². The molecule has 2 rings (SSSR count). The topological polar surface area (TPSA) is 3.24 Å². The first-order valence-corrected chi connectivity index (χ1v) is 20.4. The predicted octanol–water partition coefficient (Wildman–Crippen LogP) is 3.24. The minimum absolute atomic E-state index is 1.07. The summed E-state index contributed by atoms with van der Waals surface area (Å²) >= 11 is -2.37. The van der Waals surface area contributed by atoms with E-state index < -0.39 is 40.4 Å². The standard InChI is InChI=1S/C15H15N.4CH3.2Sb/c1-16(12-14-8-4-2-5-9-14)13-15-10-6-3-7-11-15;;;;;;/h2-8,10H,12-13H2,1H3;4*1H3;;. The first kappa shape index (κ1) is 18.4. The average Bonchev–Trinajstić information content (AvgIpc) is 2.47. The Morgan fingerprint density at radius 2 is 1.05 bits per heavy atom. The second kappa shape index (κ2) is 8.77. The second-order valence-electron chi connectivity index (χ2n) is 6.22. The number of hydrogen-bond donors (Lipinski definition) is 0. The van der Waals surface area contributed by atoms with Gasteiger partial charge in [0.25, 0.3) is 0 Å². The normalized spacial score (nSPS) is 11.6. The molecule has 0 unspecified atom stereocenters. The van der Waals surface area contributed by atoms with Gasteiger partial charge in [-0.15, -0.1) is 0 Å². The second-order valence-corrected chi connectivity index (χ2v) is 19.2. The number of nitrogens with zero attached hydrogens (tertiary/aromatic N) is 1. The van der Waals surface area contributed by atoms with Gasteiger partial charge in [0.1, 0.15) is 0 Å². The number of benzene rings is 2. The van der Waals surface area contributed by atoms with Gasteiger partial charge in [-0.3, -0.25) is 0 Å². The van der Waals surface area contributed by atoms with E-state index in [0.29, 0.717) is 0 Å². The molecule has 2 aromatic rings. The molecule has 0 aliphatic carbocycles. The van der Waals surface area contributed by atoms with Gasteiger partial charge in [-0.05, 0) is 0 Å². The van der Waals surface area contributed by atoms with Crippen LogP contribution in [0.15, 0.2) is 48.5 Å². The van der Waals surface area contributed by atoms with Gasteiger partial charge in [-0.1, -0.05) is 0 Å². The van der Waals surface area contributed by atoms with Crippen molar-refractivity contribution < 1.29 is 0 Å². The molecule has 0 amide bonds. The molecule has 3 heteroatoms. The zero-order valence-electron chi connectivity index (χ0n) is 14.4. The van der Waals surface area contributed by atoms with Gasteiger partial charge in [0.05, 0.1) is 0 Å². The molecule has 0 atom stereocenters. The van der Waals surface area contributed by atoms with E-state index >= 15 is 0 Å². The third kappa shape index (κ3) is 5.02. The fraction of sp³-hybridized carbons (Fsp3) is 0.368. The first-order valence-electron chi connectivity index (χ1n) is 7.68. The quantitative estimate of drug-likeness (QED) is 0.537. The molecule has 118 valence electrons. The molecular weight excluding hydrogens is 486 g/mol. The van der Waals surface area contributed by atoms with E-state index in [4.69, 9.17) is 0 Å². The maximum atomic E-state index is 2.48. The summed E-state index contributed by atoms with van der Waals surface area (Å²) in [6.07, 6.45) is 0. The molecule has 0 fully saturated rings. The minimum atomic E-state index is -1.18. The van der Waals surface area contributed by atoms with Crippen LogP contribution in [0, 0.1) is 0 Å². The van der Waals surface area contributed by atoms with Crippen molar-refractivity contribution in [3.8, 4) is 0 Å². The van der Waals surface area contributed by atoms with E-state index in [0.717, 1.165) is 13.1 Å². The molecule has 0 bridgehead atoms. The Bertz CT molecular complexity index is 554. The van der Waals surface area contributed by atoms with E-state index in [1.807, 2.05) is 0 Å². The van der Waals surface area contributed by atoms with Crippen molar-refractivity contribution in [2.24, 2.45) is 0 Å².